The Morgan fingerprint density at radius 2 is 1.88 bits per heavy atom. The number of carbonyl (C=O) groups is 1. The summed E-state index contributed by atoms with van der Waals surface area (Å²) in [4.78, 5) is 49.4. The molecule has 1 amide bonds. The van der Waals surface area contributed by atoms with Gasteiger partial charge in [-0.25, -0.2) is 14.8 Å². The Balaban J connectivity index is 1.50. The van der Waals surface area contributed by atoms with E-state index in [9.17, 15) is 27.6 Å². The van der Waals surface area contributed by atoms with Crippen molar-refractivity contribution in [2.75, 3.05) is 5.32 Å². The Hall–Kier alpha value is -3.15. The van der Waals surface area contributed by atoms with E-state index in [1.807, 2.05) is 0 Å². The standard InChI is InChI=1S/C22H20F3N5O3S/c1-10(18(31)26-14-5-3-2-4-13(14)22(23,24)25)34-20-15-17(27-16(28-20)11-6-7-11)30(12-8-9-12)21(33)29-19(15)32/h2-5,10-12H,6-9H2,1H3,(H,26,31)(H,29,32,33)/t10-/m0/s1. The van der Waals surface area contributed by atoms with Crippen molar-refractivity contribution in [2.45, 2.75) is 61.0 Å². The van der Waals surface area contributed by atoms with Crippen molar-refractivity contribution in [2.24, 2.45) is 0 Å². The van der Waals surface area contributed by atoms with Crippen LogP contribution in [0, 0.1) is 0 Å². The zero-order chi connectivity index (χ0) is 24.2. The molecular formula is C22H20F3N5O3S. The first kappa shape index (κ1) is 22.6. The number of carbonyl (C=O) groups excluding carboxylic acids is 1. The van der Waals surface area contributed by atoms with Gasteiger partial charge in [-0.1, -0.05) is 23.9 Å². The third kappa shape index (κ3) is 4.33. The van der Waals surface area contributed by atoms with Gasteiger partial charge in [0.25, 0.3) is 5.56 Å². The van der Waals surface area contributed by atoms with Crippen LogP contribution in [0.15, 0.2) is 38.9 Å². The van der Waals surface area contributed by atoms with Gasteiger partial charge >= 0.3 is 11.9 Å². The molecule has 2 aliphatic rings. The van der Waals surface area contributed by atoms with Crippen LogP contribution in [0.25, 0.3) is 11.0 Å². The van der Waals surface area contributed by atoms with Gasteiger partial charge in [0.2, 0.25) is 5.91 Å². The number of para-hydroxylation sites is 1. The predicted molar refractivity (Wildman–Crippen MR) is 120 cm³/mol. The van der Waals surface area contributed by atoms with Crippen molar-refractivity contribution in [1.82, 2.24) is 19.5 Å². The third-order valence-corrected chi connectivity index (χ3v) is 6.86. The van der Waals surface area contributed by atoms with E-state index in [-0.39, 0.29) is 33.7 Å². The fourth-order valence-corrected chi connectivity index (χ4v) is 4.66. The highest BCUT2D eigenvalue weighted by molar-refractivity contribution is 8.00. The number of alkyl halides is 3. The monoisotopic (exact) mass is 491 g/mol. The highest BCUT2D eigenvalue weighted by atomic mass is 32.2. The number of nitrogens with one attached hydrogen (secondary N) is 2. The second kappa shape index (κ2) is 8.26. The van der Waals surface area contributed by atoms with Gasteiger partial charge in [-0.05, 0) is 44.7 Å². The quantitative estimate of drug-likeness (QED) is 0.401. The SMILES string of the molecule is C[C@H](Sc1nc(C2CC2)nc2c1c(=O)[nH]c(=O)n2C1CC1)C(=O)Nc1ccccc1C(F)(F)F. The van der Waals surface area contributed by atoms with Crippen molar-refractivity contribution in [3.63, 3.8) is 0 Å². The topological polar surface area (TPSA) is 110 Å². The molecule has 2 saturated carbocycles. The second-order valence-electron chi connectivity index (χ2n) is 8.51. The lowest BCUT2D eigenvalue weighted by Gasteiger charge is -2.17. The van der Waals surface area contributed by atoms with Gasteiger partial charge in [0.1, 0.15) is 16.2 Å². The van der Waals surface area contributed by atoms with E-state index < -0.39 is 34.1 Å². The summed E-state index contributed by atoms with van der Waals surface area (Å²) in [5.41, 5.74) is -2.25. The van der Waals surface area contributed by atoms with Gasteiger partial charge < -0.3 is 5.32 Å². The Labute approximate surface area is 195 Å². The molecule has 0 radical (unpaired) electrons. The highest BCUT2D eigenvalue weighted by Gasteiger charge is 2.35. The number of halogens is 3. The maximum Gasteiger partial charge on any atom is 0.418 e. The van der Waals surface area contributed by atoms with Crippen LogP contribution < -0.4 is 16.6 Å². The van der Waals surface area contributed by atoms with E-state index in [1.54, 1.807) is 0 Å². The first-order chi connectivity index (χ1) is 16.1. The van der Waals surface area contributed by atoms with E-state index in [4.69, 9.17) is 0 Å². The largest absolute Gasteiger partial charge is 0.418 e. The number of amides is 1. The van der Waals surface area contributed by atoms with Crippen LogP contribution in [0.3, 0.4) is 0 Å². The molecule has 2 heterocycles. The third-order valence-electron chi connectivity index (χ3n) is 5.77. The molecule has 0 unspecified atom stereocenters. The van der Waals surface area contributed by atoms with Gasteiger partial charge in [-0.2, -0.15) is 13.2 Å². The molecule has 1 aromatic carbocycles. The molecule has 0 bridgehead atoms. The maximum absolute atomic E-state index is 13.3. The first-order valence-corrected chi connectivity index (χ1v) is 11.7. The number of aromatic amines is 1. The molecule has 2 N–H and O–H groups in total. The molecule has 178 valence electrons. The Kier molecular flexibility index (Phi) is 5.50. The number of fused-ring (bicyclic) bond motifs is 1. The van der Waals surface area contributed by atoms with Gasteiger partial charge in [0.05, 0.1) is 16.5 Å². The molecule has 2 aromatic heterocycles. The molecule has 0 spiro atoms. The summed E-state index contributed by atoms with van der Waals surface area (Å²) in [6.07, 6.45) is -1.26. The fraction of sp³-hybridized carbons (Fsp3) is 0.409. The zero-order valence-electron chi connectivity index (χ0n) is 18.0. The van der Waals surface area contributed by atoms with E-state index >= 15 is 0 Å². The van der Waals surface area contributed by atoms with E-state index in [0.29, 0.717) is 5.82 Å². The molecule has 0 aliphatic heterocycles. The Bertz CT molecular complexity index is 1410. The molecule has 5 rings (SSSR count). The molecule has 2 fully saturated rings. The highest BCUT2D eigenvalue weighted by Crippen LogP contribution is 2.41. The number of nitrogens with zero attached hydrogens (tertiary/aromatic N) is 3. The summed E-state index contributed by atoms with van der Waals surface area (Å²) >= 11 is 0.954. The number of hydrogen-bond acceptors (Lipinski definition) is 6. The lowest BCUT2D eigenvalue weighted by atomic mass is 10.1. The smallest absolute Gasteiger partial charge is 0.325 e. The average molecular weight is 491 g/mol. The van der Waals surface area contributed by atoms with E-state index in [2.05, 4.69) is 20.3 Å². The number of anilines is 1. The van der Waals surface area contributed by atoms with Crippen molar-refractivity contribution >= 4 is 34.4 Å². The van der Waals surface area contributed by atoms with Gasteiger partial charge in [0, 0.05) is 12.0 Å². The molecular weight excluding hydrogens is 471 g/mol. The maximum atomic E-state index is 13.3. The number of rotatable bonds is 6. The molecule has 1 atom stereocenters. The lowest BCUT2D eigenvalue weighted by Crippen LogP contribution is -2.31. The minimum absolute atomic E-state index is 0.0498. The van der Waals surface area contributed by atoms with E-state index in [1.165, 1.54) is 29.7 Å². The van der Waals surface area contributed by atoms with Crippen molar-refractivity contribution in [3.05, 3.63) is 56.5 Å². The normalized spacial score (nSPS) is 17.1. The number of H-pyrrole nitrogens is 1. The van der Waals surface area contributed by atoms with Crippen LogP contribution in [0.5, 0.6) is 0 Å². The van der Waals surface area contributed by atoms with Crippen LogP contribution in [0.2, 0.25) is 0 Å². The fourth-order valence-electron chi connectivity index (χ4n) is 3.71. The van der Waals surface area contributed by atoms with Crippen molar-refractivity contribution in [3.8, 4) is 0 Å². The summed E-state index contributed by atoms with van der Waals surface area (Å²) in [7, 11) is 0. The summed E-state index contributed by atoms with van der Waals surface area (Å²) in [5, 5.41) is 1.79. The van der Waals surface area contributed by atoms with E-state index in [0.717, 1.165) is 43.5 Å². The Morgan fingerprint density at radius 3 is 2.53 bits per heavy atom. The molecule has 2 aliphatic carbocycles. The molecule has 3 aromatic rings. The number of aromatic nitrogens is 4. The van der Waals surface area contributed by atoms with Crippen LogP contribution in [-0.4, -0.2) is 30.7 Å². The molecule has 12 heteroatoms. The number of benzene rings is 1. The minimum atomic E-state index is -4.62. The predicted octanol–water partition coefficient (Wildman–Crippen LogP) is 3.83. The Morgan fingerprint density at radius 1 is 1.18 bits per heavy atom. The van der Waals surface area contributed by atoms with Crippen LogP contribution in [0.1, 0.15) is 56.0 Å². The first-order valence-electron chi connectivity index (χ1n) is 10.8. The summed E-state index contributed by atoms with van der Waals surface area (Å²) in [6, 6.07) is 4.67. The van der Waals surface area contributed by atoms with Gasteiger partial charge in [-0.3, -0.25) is 19.1 Å². The summed E-state index contributed by atoms with van der Waals surface area (Å²) in [5.74, 6) is -0.0496. The average Bonchev–Trinajstić information content (AvgIpc) is 3.66. The number of thioether (sulfide) groups is 1. The van der Waals surface area contributed by atoms with Gasteiger partial charge in [-0.15, -0.1) is 0 Å². The summed E-state index contributed by atoms with van der Waals surface area (Å²) < 4.78 is 41.3. The van der Waals surface area contributed by atoms with Crippen LogP contribution >= 0.6 is 11.8 Å². The van der Waals surface area contributed by atoms with Crippen LogP contribution in [0.4, 0.5) is 18.9 Å². The zero-order valence-corrected chi connectivity index (χ0v) is 18.8. The minimum Gasteiger partial charge on any atom is -0.325 e. The van der Waals surface area contributed by atoms with Gasteiger partial charge in [0.15, 0.2) is 5.65 Å². The molecule has 34 heavy (non-hydrogen) atoms. The van der Waals surface area contributed by atoms with Crippen molar-refractivity contribution in [1.29, 1.82) is 0 Å². The second-order valence-corrected chi connectivity index (χ2v) is 9.84. The number of hydrogen-bond donors (Lipinski definition) is 2. The molecule has 0 saturated heterocycles. The van der Waals surface area contributed by atoms with Crippen LogP contribution in [-0.2, 0) is 11.0 Å². The molecule has 8 nitrogen and oxygen atoms in total. The van der Waals surface area contributed by atoms with Crippen molar-refractivity contribution < 1.29 is 18.0 Å². The lowest BCUT2D eigenvalue weighted by molar-refractivity contribution is -0.137. The summed E-state index contributed by atoms with van der Waals surface area (Å²) in [6.45, 7) is 1.52.